The molecule has 1 aromatic carbocycles. The van der Waals surface area contributed by atoms with Crippen LogP contribution in [-0.2, 0) is 6.42 Å². The molecule has 1 unspecified atom stereocenters. The molecule has 0 amide bonds. The van der Waals surface area contributed by atoms with Crippen LogP contribution in [0.5, 0.6) is 0 Å². The Morgan fingerprint density at radius 3 is 3.08 bits per heavy atom. The van der Waals surface area contributed by atoms with Crippen LogP contribution in [0.4, 0.5) is 0 Å². The first-order valence-corrected chi connectivity index (χ1v) is 5.11. The quantitative estimate of drug-likeness (QED) is 0.584. The van der Waals surface area contributed by atoms with Crippen LogP contribution in [-0.4, -0.2) is 0 Å². The zero-order chi connectivity index (χ0) is 9.26. The van der Waals surface area contributed by atoms with Gasteiger partial charge in [0.1, 0.15) is 0 Å². The summed E-state index contributed by atoms with van der Waals surface area (Å²) < 4.78 is 0. The summed E-state index contributed by atoms with van der Waals surface area (Å²) >= 11 is 6.13. The Morgan fingerprint density at radius 2 is 2.23 bits per heavy atom. The highest BCUT2D eigenvalue weighted by molar-refractivity contribution is 6.31. The monoisotopic (exact) mass is 192 g/mol. The van der Waals surface area contributed by atoms with Crippen molar-refractivity contribution < 1.29 is 0 Å². The van der Waals surface area contributed by atoms with Crippen molar-refractivity contribution in [2.45, 2.75) is 19.8 Å². The lowest BCUT2D eigenvalue weighted by atomic mass is 10.0. The van der Waals surface area contributed by atoms with Crippen molar-refractivity contribution in [1.82, 2.24) is 0 Å². The number of halogens is 1. The molecule has 0 spiro atoms. The molecule has 1 aliphatic rings. The van der Waals surface area contributed by atoms with E-state index in [1.54, 1.807) is 0 Å². The van der Waals surface area contributed by atoms with Crippen molar-refractivity contribution in [2.24, 2.45) is 5.92 Å². The topological polar surface area (TPSA) is 0 Å². The summed E-state index contributed by atoms with van der Waals surface area (Å²) in [7, 11) is 0. The summed E-state index contributed by atoms with van der Waals surface area (Å²) in [6.45, 7) is 2.25. The Bertz CT molecular complexity index is 339. The predicted octanol–water partition coefficient (Wildman–Crippen LogP) is 3.94. The number of hydrogen-bond donors (Lipinski definition) is 0. The molecule has 0 saturated heterocycles. The average Bonchev–Trinajstić information content (AvgIpc) is 2.30. The van der Waals surface area contributed by atoms with Gasteiger partial charge in [0.05, 0.1) is 0 Å². The molecular formula is C12H13Cl. The fourth-order valence-corrected chi connectivity index (χ4v) is 2.01. The first-order chi connectivity index (χ1) is 6.27. The Morgan fingerprint density at radius 1 is 1.38 bits per heavy atom. The molecule has 0 radical (unpaired) electrons. The predicted molar refractivity (Wildman–Crippen MR) is 58.0 cm³/mol. The molecule has 1 heteroatoms. The molecule has 1 atom stereocenters. The van der Waals surface area contributed by atoms with Crippen LogP contribution in [0.1, 0.15) is 24.5 Å². The Balaban J connectivity index is 2.46. The zero-order valence-corrected chi connectivity index (χ0v) is 8.51. The third-order valence-corrected chi connectivity index (χ3v) is 2.96. The molecule has 1 aromatic rings. The lowest BCUT2D eigenvalue weighted by Gasteiger charge is -2.06. The van der Waals surface area contributed by atoms with Crippen molar-refractivity contribution in [1.29, 1.82) is 0 Å². The van der Waals surface area contributed by atoms with Gasteiger partial charge in [0.15, 0.2) is 0 Å². The molecule has 1 aliphatic carbocycles. The SMILES string of the molecule is CC1C=Cc2cccc(Cl)c2CC1. The summed E-state index contributed by atoms with van der Waals surface area (Å²) in [6.07, 6.45) is 6.76. The molecule has 0 saturated carbocycles. The highest BCUT2D eigenvalue weighted by atomic mass is 35.5. The molecule has 68 valence electrons. The van der Waals surface area contributed by atoms with E-state index in [2.05, 4.69) is 25.1 Å². The fraction of sp³-hybridized carbons (Fsp3) is 0.333. The third-order valence-electron chi connectivity index (χ3n) is 2.61. The van der Waals surface area contributed by atoms with Gasteiger partial charge in [-0.05, 0) is 36.0 Å². The van der Waals surface area contributed by atoms with Gasteiger partial charge in [-0.15, -0.1) is 0 Å². The van der Waals surface area contributed by atoms with E-state index in [1.165, 1.54) is 17.5 Å². The average molecular weight is 193 g/mol. The molecule has 0 nitrogen and oxygen atoms in total. The van der Waals surface area contributed by atoms with E-state index in [0.29, 0.717) is 5.92 Å². The molecule has 0 aromatic heterocycles. The summed E-state index contributed by atoms with van der Waals surface area (Å²) in [5, 5.41) is 0.913. The summed E-state index contributed by atoms with van der Waals surface area (Å²) in [5.41, 5.74) is 2.60. The van der Waals surface area contributed by atoms with Gasteiger partial charge in [-0.25, -0.2) is 0 Å². The molecule has 0 fully saturated rings. The highest BCUT2D eigenvalue weighted by Crippen LogP contribution is 2.27. The Labute approximate surface area is 84.2 Å². The molecule has 0 heterocycles. The first kappa shape index (κ1) is 8.83. The number of benzene rings is 1. The molecular weight excluding hydrogens is 180 g/mol. The summed E-state index contributed by atoms with van der Waals surface area (Å²) in [6, 6.07) is 6.13. The molecule has 0 aliphatic heterocycles. The summed E-state index contributed by atoms with van der Waals surface area (Å²) in [4.78, 5) is 0. The van der Waals surface area contributed by atoms with E-state index >= 15 is 0 Å². The van der Waals surface area contributed by atoms with Gasteiger partial charge in [0, 0.05) is 5.02 Å². The Kier molecular flexibility index (Phi) is 2.41. The maximum atomic E-state index is 6.13. The van der Waals surface area contributed by atoms with Gasteiger partial charge in [0.2, 0.25) is 0 Å². The molecule has 2 rings (SSSR count). The van der Waals surface area contributed by atoms with E-state index in [4.69, 9.17) is 11.6 Å². The van der Waals surface area contributed by atoms with Crippen LogP contribution in [0.2, 0.25) is 5.02 Å². The lowest BCUT2D eigenvalue weighted by molar-refractivity contribution is 0.655. The fourth-order valence-electron chi connectivity index (χ4n) is 1.73. The first-order valence-electron chi connectivity index (χ1n) is 4.73. The van der Waals surface area contributed by atoms with Gasteiger partial charge >= 0.3 is 0 Å². The van der Waals surface area contributed by atoms with Crippen molar-refractivity contribution >= 4 is 17.7 Å². The van der Waals surface area contributed by atoms with Crippen LogP contribution in [0.15, 0.2) is 24.3 Å². The normalized spacial score (nSPS) is 20.9. The van der Waals surface area contributed by atoms with Crippen LogP contribution in [0.25, 0.3) is 6.08 Å². The van der Waals surface area contributed by atoms with Gasteiger partial charge < -0.3 is 0 Å². The minimum absolute atomic E-state index is 0.670. The number of rotatable bonds is 0. The van der Waals surface area contributed by atoms with E-state index in [9.17, 15) is 0 Å². The van der Waals surface area contributed by atoms with Gasteiger partial charge in [-0.3, -0.25) is 0 Å². The standard InChI is InChI=1S/C12H13Cl/c1-9-5-7-10-3-2-4-12(13)11(10)8-6-9/h2-5,7,9H,6,8H2,1H3. The molecule has 13 heavy (non-hydrogen) atoms. The van der Waals surface area contributed by atoms with E-state index in [0.717, 1.165) is 11.4 Å². The van der Waals surface area contributed by atoms with Gasteiger partial charge in [-0.1, -0.05) is 42.8 Å². The summed E-state index contributed by atoms with van der Waals surface area (Å²) in [5.74, 6) is 0.670. The van der Waals surface area contributed by atoms with E-state index < -0.39 is 0 Å². The van der Waals surface area contributed by atoms with Crippen LogP contribution in [0.3, 0.4) is 0 Å². The van der Waals surface area contributed by atoms with E-state index in [1.807, 2.05) is 12.1 Å². The second kappa shape index (κ2) is 3.55. The molecule has 0 N–H and O–H groups in total. The maximum Gasteiger partial charge on any atom is 0.0443 e. The number of fused-ring (bicyclic) bond motifs is 1. The number of allylic oxidation sites excluding steroid dienone is 1. The lowest BCUT2D eigenvalue weighted by Crippen LogP contribution is -1.92. The highest BCUT2D eigenvalue weighted by Gasteiger charge is 2.09. The second-order valence-corrected chi connectivity index (χ2v) is 4.09. The van der Waals surface area contributed by atoms with Crippen molar-refractivity contribution in [3.8, 4) is 0 Å². The Hall–Kier alpha value is -0.750. The van der Waals surface area contributed by atoms with E-state index in [-0.39, 0.29) is 0 Å². The molecule has 0 bridgehead atoms. The van der Waals surface area contributed by atoms with Crippen LogP contribution in [0, 0.1) is 5.92 Å². The van der Waals surface area contributed by atoms with Crippen molar-refractivity contribution in [3.05, 3.63) is 40.4 Å². The largest absolute Gasteiger partial charge is 0.0840 e. The van der Waals surface area contributed by atoms with Crippen molar-refractivity contribution in [2.75, 3.05) is 0 Å². The number of hydrogen-bond acceptors (Lipinski definition) is 0. The van der Waals surface area contributed by atoms with Gasteiger partial charge in [-0.2, -0.15) is 0 Å². The zero-order valence-electron chi connectivity index (χ0n) is 7.76. The van der Waals surface area contributed by atoms with Crippen LogP contribution >= 0.6 is 11.6 Å². The minimum Gasteiger partial charge on any atom is -0.0840 e. The van der Waals surface area contributed by atoms with Crippen molar-refractivity contribution in [3.63, 3.8) is 0 Å². The second-order valence-electron chi connectivity index (χ2n) is 3.68. The third kappa shape index (κ3) is 1.78. The maximum absolute atomic E-state index is 6.13. The van der Waals surface area contributed by atoms with Crippen LogP contribution < -0.4 is 0 Å². The smallest absolute Gasteiger partial charge is 0.0443 e. The minimum atomic E-state index is 0.670. The van der Waals surface area contributed by atoms with Gasteiger partial charge in [0.25, 0.3) is 0 Å².